The molecule has 2 aromatic rings. The van der Waals surface area contributed by atoms with Gasteiger partial charge in [-0.1, -0.05) is 6.92 Å². The van der Waals surface area contributed by atoms with Gasteiger partial charge in [0, 0.05) is 31.0 Å². The number of ether oxygens (including phenoxy) is 2. The lowest BCUT2D eigenvalue weighted by Gasteiger charge is -2.31. The van der Waals surface area contributed by atoms with Gasteiger partial charge in [-0.2, -0.15) is 5.10 Å². The Bertz CT molecular complexity index is 836. The Morgan fingerprint density at radius 3 is 2.59 bits per heavy atom. The number of aromatic nitrogens is 3. The van der Waals surface area contributed by atoms with Gasteiger partial charge in [-0.05, 0) is 56.7 Å². The monoisotopic (exact) mass is 398 g/mol. The van der Waals surface area contributed by atoms with Crippen LogP contribution in [0.3, 0.4) is 0 Å². The lowest BCUT2D eigenvalue weighted by atomic mass is 9.95. The van der Waals surface area contributed by atoms with Crippen molar-refractivity contribution >= 4 is 5.91 Å². The maximum absolute atomic E-state index is 13.0. The molecule has 1 N–H and O–H groups in total. The zero-order valence-electron chi connectivity index (χ0n) is 17.3. The van der Waals surface area contributed by atoms with E-state index in [0.717, 1.165) is 49.5 Å². The highest BCUT2D eigenvalue weighted by molar-refractivity contribution is 5.95. The predicted octanol–water partition coefficient (Wildman–Crippen LogP) is 3.72. The number of hydrogen-bond acceptors (Lipinski definition) is 5. The molecule has 2 heterocycles. The summed E-state index contributed by atoms with van der Waals surface area (Å²) in [5, 5.41) is 7.33. The Morgan fingerprint density at radius 2 is 1.93 bits per heavy atom. The Labute approximate surface area is 171 Å². The van der Waals surface area contributed by atoms with E-state index in [4.69, 9.17) is 9.47 Å². The number of aryl methyl sites for hydroxylation is 1. The molecule has 4 rings (SSSR count). The third kappa shape index (κ3) is 4.38. The summed E-state index contributed by atoms with van der Waals surface area (Å²) in [6.07, 6.45) is 7.48. The first-order valence-corrected chi connectivity index (χ1v) is 10.7. The highest BCUT2D eigenvalue weighted by atomic mass is 16.5. The van der Waals surface area contributed by atoms with Crippen LogP contribution in [0.5, 0.6) is 11.5 Å². The molecule has 0 bridgehead atoms. The maximum Gasteiger partial charge on any atom is 0.253 e. The number of H-pyrrole nitrogens is 1. The number of carbonyl (C=O) groups is 1. The zero-order valence-corrected chi connectivity index (χ0v) is 17.3. The van der Waals surface area contributed by atoms with Gasteiger partial charge in [-0.25, -0.2) is 4.98 Å². The number of rotatable bonds is 6. The molecule has 1 saturated heterocycles. The molecule has 2 fully saturated rings. The second-order valence-corrected chi connectivity index (χ2v) is 7.95. The van der Waals surface area contributed by atoms with E-state index in [-0.39, 0.29) is 12.0 Å². The molecular formula is C22H30N4O3. The summed E-state index contributed by atoms with van der Waals surface area (Å²) in [6, 6.07) is 5.53. The minimum atomic E-state index is 0.0402. The summed E-state index contributed by atoms with van der Waals surface area (Å²) in [4.78, 5) is 19.5. The average molecular weight is 399 g/mol. The summed E-state index contributed by atoms with van der Waals surface area (Å²) in [5.41, 5.74) is 0.644. The summed E-state index contributed by atoms with van der Waals surface area (Å²) in [6.45, 7) is 3.48. The fourth-order valence-corrected chi connectivity index (χ4v) is 4.26. The van der Waals surface area contributed by atoms with Crippen LogP contribution in [0.4, 0.5) is 0 Å². The van der Waals surface area contributed by atoms with Crippen LogP contribution in [-0.4, -0.2) is 52.3 Å². The number of methoxy groups -OCH3 is 1. The Morgan fingerprint density at radius 1 is 1.17 bits per heavy atom. The SMILES string of the molecule is CCc1nc(C2CCN(C(=O)c3ccc(OC4CCCC4)c(OC)c3)CC2)n[nH]1. The third-order valence-corrected chi connectivity index (χ3v) is 6.04. The highest BCUT2D eigenvalue weighted by Crippen LogP contribution is 2.33. The van der Waals surface area contributed by atoms with Crippen LogP contribution in [0.1, 0.15) is 73.4 Å². The summed E-state index contributed by atoms with van der Waals surface area (Å²) >= 11 is 0. The van der Waals surface area contributed by atoms with Crippen LogP contribution in [0.2, 0.25) is 0 Å². The number of likely N-dealkylation sites (tertiary alicyclic amines) is 1. The Hall–Kier alpha value is -2.57. The standard InChI is InChI=1S/C22H30N4O3/c1-3-20-23-21(25-24-20)15-10-12-26(13-11-15)22(27)16-8-9-18(19(14-16)28-2)29-17-6-4-5-7-17/h8-9,14-15,17H,3-7,10-13H2,1-2H3,(H,23,24,25). The minimum Gasteiger partial charge on any atom is -0.493 e. The van der Waals surface area contributed by atoms with Crippen molar-refractivity contribution in [1.29, 1.82) is 0 Å². The molecule has 0 spiro atoms. The van der Waals surface area contributed by atoms with Gasteiger partial charge in [0.1, 0.15) is 5.82 Å². The van der Waals surface area contributed by atoms with Gasteiger partial charge in [0.2, 0.25) is 0 Å². The van der Waals surface area contributed by atoms with Crippen molar-refractivity contribution in [2.45, 2.75) is 63.9 Å². The Balaban J connectivity index is 1.39. The molecule has 1 amide bonds. The average Bonchev–Trinajstić information content (AvgIpc) is 3.45. The van der Waals surface area contributed by atoms with Gasteiger partial charge in [-0.3, -0.25) is 9.89 Å². The Kier molecular flexibility index (Phi) is 6.02. The van der Waals surface area contributed by atoms with Gasteiger partial charge < -0.3 is 14.4 Å². The topological polar surface area (TPSA) is 80.3 Å². The molecule has 7 heteroatoms. The molecule has 1 aliphatic carbocycles. The number of nitrogens with one attached hydrogen (secondary N) is 1. The van der Waals surface area contributed by atoms with Crippen molar-refractivity contribution in [2.75, 3.05) is 20.2 Å². The molecule has 2 aliphatic rings. The van der Waals surface area contributed by atoms with E-state index in [1.54, 1.807) is 7.11 Å². The lowest BCUT2D eigenvalue weighted by molar-refractivity contribution is 0.0710. The van der Waals surface area contributed by atoms with Crippen molar-refractivity contribution in [1.82, 2.24) is 20.1 Å². The number of benzene rings is 1. The summed E-state index contributed by atoms with van der Waals surface area (Å²) in [5.74, 6) is 3.51. The number of nitrogens with zero attached hydrogens (tertiary/aromatic N) is 3. The van der Waals surface area contributed by atoms with Gasteiger partial charge in [0.25, 0.3) is 5.91 Å². The van der Waals surface area contributed by atoms with Crippen LogP contribution in [0.15, 0.2) is 18.2 Å². The minimum absolute atomic E-state index is 0.0402. The van der Waals surface area contributed by atoms with Gasteiger partial charge in [0.05, 0.1) is 13.2 Å². The molecule has 1 saturated carbocycles. The smallest absolute Gasteiger partial charge is 0.253 e. The van der Waals surface area contributed by atoms with E-state index in [9.17, 15) is 4.79 Å². The second kappa shape index (κ2) is 8.84. The van der Waals surface area contributed by atoms with Gasteiger partial charge >= 0.3 is 0 Å². The normalized spacial score (nSPS) is 18.2. The van der Waals surface area contributed by atoms with Crippen molar-refractivity contribution in [2.24, 2.45) is 0 Å². The zero-order chi connectivity index (χ0) is 20.2. The van der Waals surface area contributed by atoms with Crippen LogP contribution in [0, 0.1) is 0 Å². The van der Waals surface area contributed by atoms with Crippen LogP contribution < -0.4 is 9.47 Å². The van der Waals surface area contributed by atoms with E-state index in [1.165, 1.54) is 12.8 Å². The second-order valence-electron chi connectivity index (χ2n) is 7.95. The molecular weight excluding hydrogens is 368 g/mol. The number of carbonyl (C=O) groups excluding carboxylic acids is 1. The fraction of sp³-hybridized carbons (Fsp3) is 0.591. The van der Waals surface area contributed by atoms with Crippen molar-refractivity contribution in [3.05, 3.63) is 35.4 Å². The fourth-order valence-electron chi connectivity index (χ4n) is 4.26. The molecule has 29 heavy (non-hydrogen) atoms. The molecule has 0 atom stereocenters. The van der Waals surface area contributed by atoms with E-state index in [2.05, 4.69) is 22.1 Å². The summed E-state index contributed by atoms with van der Waals surface area (Å²) < 4.78 is 11.6. The largest absolute Gasteiger partial charge is 0.493 e. The van der Waals surface area contributed by atoms with Gasteiger partial charge in [-0.15, -0.1) is 0 Å². The lowest BCUT2D eigenvalue weighted by Crippen LogP contribution is -2.38. The highest BCUT2D eigenvalue weighted by Gasteiger charge is 2.27. The molecule has 1 aromatic carbocycles. The molecule has 156 valence electrons. The van der Waals surface area contributed by atoms with Crippen LogP contribution in [-0.2, 0) is 6.42 Å². The van der Waals surface area contributed by atoms with Crippen molar-refractivity contribution in [3.8, 4) is 11.5 Å². The number of amides is 1. The van der Waals surface area contributed by atoms with E-state index in [1.807, 2.05) is 23.1 Å². The van der Waals surface area contributed by atoms with Crippen molar-refractivity contribution in [3.63, 3.8) is 0 Å². The third-order valence-electron chi connectivity index (χ3n) is 6.04. The van der Waals surface area contributed by atoms with Gasteiger partial charge in [0.15, 0.2) is 17.3 Å². The summed E-state index contributed by atoms with van der Waals surface area (Å²) in [7, 11) is 1.62. The molecule has 0 unspecified atom stereocenters. The van der Waals surface area contributed by atoms with E-state index < -0.39 is 0 Å². The maximum atomic E-state index is 13.0. The first-order chi connectivity index (χ1) is 14.2. The van der Waals surface area contributed by atoms with Crippen molar-refractivity contribution < 1.29 is 14.3 Å². The van der Waals surface area contributed by atoms with E-state index >= 15 is 0 Å². The quantitative estimate of drug-likeness (QED) is 0.802. The van der Waals surface area contributed by atoms with Crippen LogP contribution >= 0.6 is 0 Å². The predicted molar refractivity (Wildman–Crippen MR) is 110 cm³/mol. The first-order valence-electron chi connectivity index (χ1n) is 10.7. The molecule has 1 aliphatic heterocycles. The number of hydrogen-bond donors (Lipinski definition) is 1. The van der Waals surface area contributed by atoms with Crippen LogP contribution in [0.25, 0.3) is 0 Å². The molecule has 0 radical (unpaired) electrons. The number of aromatic amines is 1. The number of piperidine rings is 1. The molecule has 7 nitrogen and oxygen atoms in total. The first kappa shape index (κ1) is 19.7. The van der Waals surface area contributed by atoms with E-state index in [0.29, 0.717) is 30.3 Å². The molecule has 1 aromatic heterocycles.